The molecule has 0 aliphatic rings. The summed E-state index contributed by atoms with van der Waals surface area (Å²) >= 11 is 0. The van der Waals surface area contributed by atoms with E-state index in [4.69, 9.17) is 4.74 Å². The summed E-state index contributed by atoms with van der Waals surface area (Å²) in [6.07, 6.45) is 3.33. The first-order valence-electron chi connectivity index (χ1n) is 5.90. The van der Waals surface area contributed by atoms with Crippen LogP contribution in [-0.4, -0.2) is 33.1 Å². The molecular formula is C13H16N4O2. The zero-order chi connectivity index (χ0) is 14.0. The van der Waals surface area contributed by atoms with Crippen LogP contribution in [0.3, 0.4) is 0 Å². The molecule has 0 aliphatic carbocycles. The highest BCUT2D eigenvalue weighted by Gasteiger charge is 2.27. The molecule has 0 unspecified atom stereocenters. The van der Waals surface area contributed by atoms with Crippen molar-refractivity contribution in [2.45, 2.75) is 26.3 Å². The zero-order valence-electron chi connectivity index (χ0n) is 11.4. The lowest BCUT2D eigenvalue weighted by molar-refractivity contribution is 0.0595. The van der Waals surface area contributed by atoms with Crippen LogP contribution < -0.4 is 0 Å². The number of esters is 1. The highest BCUT2D eigenvalue weighted by atomic mass is 16.5. The van der Waals surface area contributed by atoms with Crippen molar-refractivity contribution in [1.29, 1.82) is 0 Å². The molecule has 2 aromatic rings. The number of carbonyl (C=O) groups is 1. The third kappa shape index (κ3) is 2.47. The van der Waals surface area contributed by atoms with Gasteiger partial charge in [0.1, 0.15) is 5.69 Å². The number of nitrogens with zero attached hydrogens (tertiary/aromatic N) is 4. The van der Waals surface area contributed by atoms with Crippen molar-refractivity contribution in [3.63, 3.8) is 0 Å². The SMILES string of the molecule is COC(=O)c1nnn(C(C)(C)C)c1-c1ccncc1. The van der Waals surface area contributed by atoms with Crippen molar-refractivity contribution < 1.29 is 9.53 Å². The first-order valence-corrected chi connectivity index (χ1v) is 5.90. The van der Waals surface area contributed by atoms with E-state index in [1.807, 2.05) is 32.9 Å². The van der Waals surface area contributed by atoms with Gasteiger partial charge in [0.15, 0.2) is 5.69 Å². The van der Waals surface area contributed by atoms with E-state index in [0.29, 0.717) is 5.69 Å². The van der Waals surface area contributed by atoms with Gasteiger partial charge in [0.05, 0.1) is 12.6 Å². The molecule has 0 spiro atoms. The maximum Gasteiger partial charge on any atom is 0.360 e. The first kappa shape index (κ1) is 13.2. The molecule has 2 rings (SSSR count). The van der Waals surface area contributed by atoms with E-state index in [1.165, 1.54) is 7.11 Å². The van der Waals surface area contributed by atoms with Crippen LogP contribution in [0.5, 0.6) is 0 Å². The maximum absolute atomic E-state index is 11.8. The predicted octanol–water partition coefficient (Wildman–Crippen LogP) is 1.88. The molecule has 0 atom stereocenters. The minimum absolute atomic E-state index is 0.212. The second kappa shape index (κ2) is 4.79. The molecule has 6 nitrogen and oxygen atoms in total. The molecular weight excluding hydrogens is 244 g/mol. The molecule has 0 saturated carbocycles. The van der Waals surface area contributed by atoms with Gasteiger partial charge in [-0.15, -0.1) is 5.10 Å². The van der Waals surface area contributed by atoms with E-state index in [-0.39, 0.29) is 11.2 Å². The average molecular weight is 260 g/mol. The smallest absolute Gasteiger partial charge is 0.360 e. The van der Waals surface area contributed by atoms with Gasteiger partial charge in [0, 0.05) is 18.0 Å². The van der Waals surface area contributed by atoms with Gasteiger partial charge in [-0.2, -0.15) is 0 Å². The Morgan fingerprint density at radius 2 is 1.89 bits per heavy atom. The van der Waals surface area contributed by atoms with Crippen LogP contribution in [-0.2, 0) is 10.3 Å². The first-order chi connectivity index (χ1) is 8.95. The summed E-state index contributed by atoms with van der Waals surface area (Å²) in [5.41, 5.74) is 1.39. The van der Waals surface area contributed by atoms with E-state index in [9.17, 15) is 4.79 Å². The Labute approximate surface area is 111 Å². The molecule has 0 N–H and O–H groups in total. The van der Waals surface area contributed by atoms with Crippen molar-refractivity contribution in [2.75, 3.05) is 7.11 Å². The summed E-state index contributed by atoms with van der Waals surface area (Å²) in [4.78, 5) is 15.8. The number of pyridine rings is 1. The monoisotopic (exact) mass is 260 g/mol. The van der Waals surface area contributed by atoms with Crippen LogP contribution in [0.25, 0.3) is 11.3 Å². The molecule has 2 aromatic heterocycles. The third-order valence-electron chi connectivity index (χ3n) is 2.64. The van der Waals surface area contributed by atoms with E-state index in [2.05, 4.69) is 15.3 Å². The molecule has 0 aliphatic heterocycles. The quantitative estimate of drug-likeness (QED) is 0.771. The van der Waals surface area contributed by atoms with Crippen LogP contribution >= 0.6 is 0 Å². The largest absolute Gasteiger partial charge is 0.464 e. The number of hydrogen-bond donors (Lipinski definition) is 0. The Morgan fingerprint density at radius 3 is 2.42 bits per heavy atom. The highest BCUT2D eigenvalue weighted by molar-refractivity contribution is 5.94. The fourth-order valence-corrected chi connectivity index (χ4v) is 1.75. The Bertz CT molecular complexity index is 584. The molecule has 0 bridgehead atoms. The number of methoxy groups -OCH3 is 1. The van der Waals surface area contributed by atoms with Crippen molar-refractivity contribution in [3.8, 4) is 11.3 Å². The Kier molecular flexibility index (Phi) is 3.33. The molecule has 6 heteroatoms. The van der Waals surface area contributed by atoms with Crippen LogP contribution in [0.1, 0.15) is 31.3 Å². The van der Waals surface area contributed by atoms with Gasteiger partial charge < -0.3 is 4.74 Å². The molecule has 0 fully saturated rings. The fourth-order valence-electron chi connectivity index (χ4n) is 1.75. The number of carbonyl (C=O) groups excluding carboxylic acids is 1. The molecule has 100 valence electrons. The van der Waals surface area contributed by atoms with Gasteiger partial charge in [0.25, 0.3) is 0 Å². The van der Waals surface area contributed by atoms with Crippen molar-refractivity contribution in [1.82, 2.24) is 20.0 Å². The summed E-state index contributed by atoms with van der Waals surface area (Å²) < 4.78 is 6.47. The fraction of sp³-hybridized carbons (Fsp3) is 0.385. The van der Waals surface area contributed by atoms with Crippen molar-refractivity contribution in [3.05, 3.63) is 30.2 Å². The Balaban J connectivity index is 2.67. The lowest BCUT2D eigenvalue weighted by Gasteiger charge is -2.21. The van der Waals surface area contributed by atoms with E-state index < -0.39 is 5.97 Å². The zero-order valence-corrected chi connectivity index (χ0v) is 11.4. The second-order valence-electron chi connectivity index (χ2n) is 5.10. The number of ether oxygens (including phenoxy) is 1. The number of rotatable bonds is 2. The Hall–Kier alpha value is -2.24. The minimum atomic E-state index is -0.498. The summed E-state index contributed by atoms with van der Waals surface area (Å²) in [7, 11) is 1.33. The van der Waals surface area contributed by atoms with E-state index >= 15 is 0 Å². The number of aromatic nitrogens is 4. The van der Waals surface area contributed by atoms with Crippen LogP contribution in [0, 0.1) is 0 Å². The van der Waals surface area contributed by atoms with Gasteiger partial charge in [-0.1, -0.05) is 5.21 Å². The molecule has 0 radical (unpaired) electrons. The maximum atomic E-state index is 11.8. The van der Waals surface area contributed by atoms with E-state index in [0.717, 1.165) is 5.56 Å². The normalized spacial score (nSPS) is 11.4. The van der Waals surface area contributed by atoms with Crippen LogP contribution in [0.15, 0.2) is 24.5 Å². The highest BCUT2D eigenvalue weighted by Crippen LogP contribution is 2.27. The standard InChI is InChI=1S/C13H16N4O2/c1-13(2,3)17-11(9-5-7-14-8-6-9)10(15-16-17)12(18)19-4/h5-8H,1-4H3. The summed E-state index contributed by atoms with van der Waals surface area (Å²) in [6, 6.07) is 3.63. The van der Waals surface area contributed by atoms with Gasteiger partial charge >= 0.3 is 5.97 Å². The predicted molar refractivity (Wildman–Crippen MR) is 69.6 cm³/mol. The topological polar surface area (TPSA) is 69.9 Å². The summed E-state index contributed by atoms with van der Waals surface area (Å²) in [5.74, 6) is -0.498. The van der Waals surface area contributed by atoms with Gasteiger partial charge in [-0.05, 0) is 32.9 Å². The summed E-state index contributed by atoms with van der Waals surface area (Å²) in [6.45, 7) is 5.98. The van der Waals surface area contributed by atoms with Gasteiger partial charge in [0.2, 0.25) is 0 Å². The third-order valence-corrected chi connectivity index (χ3v) is 2.64. The second-order valence-corrected chi connectivity index (χ2v) is 5.10. The number of hydrogen-bond acceptors (Lipinski definition) is 5. The molecule has 0 saturated heterocycles. The van der Waals surface area contributed by atoms with E-state index in [1.54, 1.807) is 17.1 Å². The lowest BCUT2D eigenvalue weighted by Crippen LogP contribution is -2.24. The lowest BCUT2D eigenvalue weighted by atomic mass is 10.1. The molecule has 2 heterocycles. The van der Waals surface area contributed by atoms with Crippen molar-refractivity contribution >= 4 is 5.97 Å². The molecule has 19 heavy (non-hydrogen) atoms. The Morgan fingerprint density at radius 1 is 1.26 bits per heavy atom. The average Bonchev–Trinajstić information content (AvgIpc) is 2.83. The van der Waals surface area contributed by atoms with Crippen LogP contribution in [0.4, 0.5) is 0 Å². The minimum Gasteiger partial charge on any atom is -0.464 e. The van der Waals surface area contributed by atoms with Gasteiger partial charge in [-0.25, -0.2) is 9.48 Å². The summed E-state index contributed by atoms with van der Waals surface area (Å²) in [5, 5.41) is 8.03. The van der Waals surface area contributed by atoms with Crippen LogP contribution in [0.2, 0.25) is 0 Å². The molecule has 0 amide bonds. The van der Waals surface area contributed by atoms with Crippen molar-refractivity contribution in [2.24, 2.45) is 0 Å². The van der Waals surface area contributed by atoms with Gasteiger partial charge in [-0.3, -0.25) is 4.98 Å². The molecule has 0 aromatic carbocycles.